The van der Waals surface area contributed by atoms with Crippen molar-refractivity contribution in [3.8, 4) is 0 Å². The Morgan fingerprint density at radius 2 is 1.66 bits per heavy atom. The van der Waals surface area contributed by atoms with Crippen LogP contribution in [0, 0.1) is 0 Å². The summed E-state index contributed by atoms with van der Waals surface area (Å²) in [5.41, 5.74) is 3.78. The monoisotopic (exact) mass is 385 g/mol. The lowest BCUT2D eigenvalue weighted by molar-refractivity contribution is -0.119. The molecule has 3 aromatic carbocycles. The van der Waals surface area contributed by atoms with Gasteiger partial charge in [-0.15, -0.1) is 0 Å². The second-order valence-electron chi connectivity index (χ2n) is 7.71. The van der Waals surface area contributed by atoms with Gasteiger partial charge in [0.15, 0.2) is 0 Å². The number of amides is 2. The Hall–Kier alpha value is -3.34. The Kier molecular flexibility index (Phi) is 4.43. The summed E-state index contributed by atoms with van der Waals surface area (Å²) < 4.78 is 0. The highest BCUT2D eigenvalue weighted by Gasteiger charge is 2.30. The van der Waals surface area contributed by atoms with Crippen molar-refractivity contribution in [2.24, 2.45) is 0 Å². The molecular weight excluding hydrogens is 362 g/mol. The van der Waals surface area contributed by atoms with Crippen LogP contribution >= 0.6 is 0 Å². The quantitative estimate of drug-likeness (QED) is 0.728. The summed E-state index contributed by atoms with van der Waals surface area (Å²) in [4.78, 5) is 29.3. The smallest absolute Gasteiger partial charge is 0.259 e. The third-order valence-electron chi connectivity index (χ3n) is 5.85. The topological polar surface area (TPSA) is 52.7 Å². The molecule has 5 nitrogen and oxygen atoms in total. The van der Waals surface area contributed by atoms with E-state index < -0.39 is 0 Å². The zero-order valence-electron chi connectivity index (χ0n) is 16.2. The lowest BCUT2D eigenvalue weighted by Gasteiger charge is -2.18. The van der Waals surface area contributed by atoms with Crippen molar-refractivity contribution in [3.05, 3.63) is 71.8 Å². The fourth-order valence-corrected chi connectivity index (χ4v) is 4.34. The molecule has 1 N–H and O–H groups in total. The van der Waals surface area contributed by atoms with Gasteiger partial charge in [-0.3, -0.25) is 14.5 Å². The van der Waals surface area contributed by atoms with Gasteiger partial charge in [0.25, 0.3) is 5.91 Å². The molecule has 2 amide bonds. The standard InChI is InChI=1S/C24H23N3O2/c28-22(25-15-17-9-11-19(12-10-17)26-13-1-2-14-26)16-27-21-8-4-6-18-5-3-7-20(23(18)21)24(27)29/h3-12H,1-2,13-16H2,(H,25,28). The third-order valence-corrected chi connectivity index (χ3v) is 5.85. The summed E-state index contributed by atoms with van der Waals surface area (Å²) in [5.74, 6) is -0.270. The molecule has 5 rings (SSSR count). The molecule has 0 unspecified atom stereocenters. The molecule has 1 fully saturated rings. The van der Waals surface area contributed by atoms with Crippen LogP contribution in [0.15, 0.2) is 60.7 Å². The maximum atomic E-state index is 12.8. The van der Waals surface area contributed by atoms with Gasteiger partial charge in [-0.2, -0.15) is 0 Å². The zero-order chi connectivity index (χ0) is 19.8. The fraction of sp³-hybridized carbons (Fsp3) is 0.250. The van der Waals surface area contributed by atoms with Gasteiger partial charge >= 0.3 is 0 Å². The van der Waals surface area contributed by atoms with Crippen molar-refractivity contribution < 1.29 is 9.59 Å². The van der Waals surface area contributed by atoms with E-state index in [0.717, 1.165) is 35.1 Å². The summed E-state index contributed by atoms with van der Waals surface area (Å²) in [6.45, 7) is 2.72. The largest absolute Gasteiger partial charge is 0.372 e. The number of benzene rings is 3. The molecule has 0 aromatic heterocycles. The minimum atomic E-state index is -0.160. The average molecular weight is 385 g/mol. The first-order valence-electron chi connectivity index (χ1n) is 10.1. The Balaban J connectivity index is 1.24. The van der Waals surface area contributed by atoms with Crippen LogP contribution in [0.25, 0.3) is 10.8 Å². The lowest BCUT2D eigenvalue weighted by atomic mass is 10.1. The summed E-state index contributed by atoms with van der Waals surface area (Å²) in [6, 6.07) is 19.9. The Morgan fingerprint density at radius 3 is 2.41 bits per heavy atom. The van der Waals surface area contributed by atoms with E-state index >= 15 is 0 Å². The van der Waals surface area contributed by atoms with E-state index in [-0.39, 0.29) is 18.4 Å². The summed E-state index contributed by atoms with van der Waals surface area (Å²) in [7, 11) is 0. The van der Waals surface area contributed by atoms with Crippen LogP contribution in [0.4, 0.5) is 11.4 Å². The SMILES string of the molecule is O=C(CN1C(=O)c2cccc3cccc1c23)NCc1ccc(N2CCCC2)cc1. The van der Waals surface area contributed by atoms with E-state index in [1.54, 1.807) is 4.90 Å². The van der Waals surface area contributed by atoms with Crippen LogP contribution in [0.1, 0.15) is 28.8 Å². The molecule has 146 valence electrons. The van der Waals surface area contributed by atoms with Crippen molar-refractivity contribution in [1.82, 2.24) is 5.32 Å². The Bertz CT molecular complexity index is 1080. The number of hydrogen-bond donors (Lipinski definition) is 1. The maximum Gasteiger partial charge on any atom is 0.259 e. The molecule has 0 radical (unpaired) electrons. The zero-order valence-corrected chi connectivity index (χ0v) is 16.2. The van der Waals surface area contributed by atoms with Crippen LogP contribution in [0.5, 0.6) is 0 Å². The van der Waals surface area contributed by atoms with Crippen molar-refractivity contribution in [3.63, 3.8) is 0 Å². The second-order valence-corrected chi connectivity index (χ2v) is 7.71. The molecule has 1 saturated heterocycles. The molecule has 2 aliphatic heterocycles. The molecule has 3 aromatic rings. The van der Waals surface area contributed by atoms with Gasteiger partial charge in [-0.05, 0) is 48.1 Å². The van der Waals surface area contributed by atoms with E-state index in [1.807, 2.05) is 36.4 Å². The van der Waals surface area contributed by atoms with Crippen molar-refractivity contribution in [2.75, 3.05) is 29.4 Å². The van der Waals surface area contributed by atoms with Gasteiger partial charge < -0.3 is 10.2 Å². The number of nitrogens with zero attached hydrogens (tertiary/aromatic N) is 2. The number of hydrogen-bond acceptors (Lipinski definition) is 3. The van der Waals surface area contributed by atoms with E-state index in [9.17, 15) is 9.59 Å². The molecule has 0 aliphatic carbocycles. The molecule has 0 bridgehead atoms. The third kappa shape index (κ3) is 3.23. The molecular formula is C24H23N3O2. The number of carbonyl (C=O) groups excluding carboxylic acids is 2. The van der Waals surface area contributed by atoms with Crippen molar-refractivity contribution in [1.29, 1.82) is 0 Å². The first-order valence-corrected chi connectivity index (χ1v) is 10.1. The number of carbonyl (C=O) groups is 2. The highest BCUT2D eigenvalue weighted by atomic mass is 16.2. The minimum Gasteiger partial charge on any atom is -0.372 e. The van der Waals surface area contributed by atoms with Gasteiger partial charge in [0.05, 0.1) is 5.69 Å². The normalized spacial score (nSPS) is 15.4. The Labute approximate surface area is 169 Å². The second kappa shape index (κ2) is 7.24. The Morgan fingerprint density at radius 1 is 0.931 bits per heavy atom. The first kappa shape index (κ1) is 17.7. The van der Waals surface area contributed by atoms with Crippen LogP contribution in [-0.2, 0) is 11.3 Å². The number of anilines is 2. The van der Waals surface area contributed by atoms with Crippen LogP contribution in [0.3, 0.4) is 0 Å². The van der Waals surface area contributed by atoms with Crippen LogP contribution in [-0.4, -0.2) is 31.4 Å². The van der Waals surface area contributed by atoms with Gasteiger partial charge in [0.2, 0.25) is 5.91 Å². The predicted molar refractivity (Wildman–Crippen MR) is 115 cm³/mol. The fourth-order valence-electron chi connectivity index (χ4n) is 4.34. The van der Waals surface area contributed by atoms with E-state index in [4.69, 9.17) is 0 Å². The van der Waals surface area contributed by atoms with E-state index in [0.29, 0.717) is 12.1 Å². The maximum absolute atomic E-state index is 12.8. The van der Waals surface area contributed by atoms with Gasteiger partial charge in [-0.25, -0.2) is 0 Å². The highest BCUT2D eigenvalue weighted by Crippen LogP contribution is 2.36. The number of nitrogens with one attached hydrogen (secondary N) is 1. The summed E-state index contributed by atoms with van der Waals surface area (Å²) in [6.07, 6.45) is 2.51. The molecule has 2 aliphatic rings. The van der Waals surface area contributed by atoms with Gasteiger partial charge in [0.1, 0.15) is 6.54 Å². The lowest BCUT2D eigenvalue weighted by Crippen LogP contribution is -2.38. The molecule has 0 atom stereocenters. The van der Waals surface area contributed by atoms with Crippen molar-refractivity contribution >= 4 is 34.0 Å². The number of rotatable bonds is 5. The molecule has 2 heterocycles. The van der Waals surface area contributed by atoms with Gasteiger partial charge in [0, 0.05) is 36.3 Å². The first-order chi connectivity index (χ1) is 14.2. The minimum absolute atomic E-state index is 0.0263. The molecule has 0 spiro atoms. The van der Waals surface area contributed by atoms with E-state index in [2.05, 4.69) is 34.5 Å². The van der Waals surface area contributed by atoms with Crippen LogP contribution in [0.2, 0.25) is 0 Å². The molecule has 0 saturated carbocycles. The average Bonchev–Trinajstić information content (AvgIpc) is 3.38. The van der Waals surface area contributed by atoms with E-state index in [1.165, 1.54) is 18.5 Å². The molecule has 5 heteroatoms. The summed E-state index contributed by atoms with van der Waals surface area (Å²) >= 11 is 0. The van der Waals surface area contributed by atoms with Gasteiger partial charge in [-0.1, -0.05) is 36.4 Å². The van der Waals surface area contributed by atoms with Crippen molar-refractivity contribution in [2.45, 2.75) is 19.4 Å². The van der Waals surface area contributed by atoms with Crippen LogP contribution < -0.4 is 15.1 Å². The predicted octanol–water partition coefficient (Wildman–Crippen LogP) is 3.72. The molecule has 29 heavy (non-hydrogen) atoms. The highest BCUT2D eigenvalue weighted by molar-refractivity contribution is 6.26. The summed E-state index contributed by atoms with van der Waals surface area (Å²) in [5, 5.41) is 4.91.